The zero-order chi connectivity index (χ0) is 44.1. The second kappa shape index (κ2) is 22.8. The van der Waals surface area contributed by atoms with Crippen molar-refractivity contribution in [2.24, 2.45) is 0 Å². The maximum absolute atomic E-state index is 3.92. The maximum Gasteiger partial charge on any atom is 0.102 e. The summed E-state index contributed by atoms with van der Waals surface area (Å²) in [5.74, 6) is 0.411. The summed E-state index contributed by atoms with van der Waals surface area (Å²) in [5.41, 5.74) is 16.4. The van der Waals surface area contributed by atoms with Crippen LogP contribution in [-0.4, -0.2) is 22.7 Å². The van der Waals surface area contributed by atoms with Gasteiger partial charge in [0.2, 0.25) is 0 Å². The number of nitrogens with zero attached hydrogens (tertiary/aromatic N) is 2. The molecule has 0 radical (unpaired) electrons. The van der Waals surface area contributed by atoms with Crippen LogP contribution in [0.4, 0.5) is 5.69 Å². The molecule has 2 aromatic heterocycles. The predicted molar refractivity (Wildman–Crippen MR) is 271 cm³/mol. The van der Waals surface area contributed by atoms with Gasteiger partial charge in [-0.25, -0.2) is 0 Å². The number of aromatic nitrogens is 1. The third kappa shape index (κ3) is 9.61. The molecule has 6 aromatic rings. The summed E-state index contributed by atoms with van der Waals surface area (Å²) in [6.07, 6.45) is 14.0. The van der Waals surface area contributed by atoms with Gasteiger partial charge in [0.15, 0.2) is 0 Å². The average Bonchev–Trinajstić information content (AvgIpc) is 3.81. The van der Waals surface area contributed by atoms with E-state index in [2.05, 4.69) is 159 Å². The highest BCUT2D eigenvalue weighted by atomic mass is 32.1. The van der Waals surface area contributed by atoms with E-state index in [-0.39, 0.29) is 12.2 Å². The molecule has 1 N–H and O–H groups in total. The van der Waals surface area contributed by atoms with Crippen LogP contribution in [0.2, 0.25) is 0 Å². The van der Waals surface area contributed by atoms with Gasteiger partial charge in [0.25, 0.3) is 0 Å². The number of rotatable bonds is 5. The predicted octanol–water partition coefficient (Wildman–Crippen LogP) is 16.9. The molecule has 0 spiro atoms. The van der Waals surface area contributed by atoms with E-state index in [1.54, 1.807) is 4.88 Å². The number of aryl methyl sites for hydroxylation is 3. The van der Waals surface area contributed by atoms with E-state index in [1.165, 1.54) is 82.6 Å². The first kappa shape index (κ1) is 48.0. The summed E-state index contributed by atoms with van der Waals surface area (Å²) in [4.78, 5) is 5.56. The number of benzene rings is 4. The number of anilines is 1. The van der Waals surface area contributed by atoms with E-state index in [0.29, 0.717) is 5.92 Å². The Labute approximate surface area is 368 Å². The van der Waals surface area contributed by atoms with Crippen LogP contribution >= 0.6 is 11.3 Å². The molecule has 0 amide bonds. The average molecular weight is 822 g/mol. The van der Waals surface area contributed by atoms with Crippen molar-refractivity contribution in [2.75, 3.05) is 12.4 Å². The molecule has 4 heteroatoms. The first-order chi connectivity index (χ1) is 29.4. The molecule has 3 unspecified atom stereocenters. The van der Waals surface area contributed by atoms with Crippen LogP contribution in [-0.2, 0) is 12.8 Å². The quantitative estimate of drug-likeness (QED) is 0.187. The largest absolute Gasteiger partial charge is 0.366 e. The number of fused-ring (bicyclic) bond motifs is 5. The lowest BCUT2D eigenvalue weighted by Crippen LogP contribution is -2.46. The number of hydrogen-bond donors (Lipinski definition) is 1. The number of nitrogens with one attached hydrogen (secondary N) is 1. The summed E-state index contributed by atoms with van der Waals surface area (Å²) in [5, 5.41) is 6.61. The fourth-order valence-corrected chi connectivity index (χ4v) is 10.5. The third-order valence-corrected chi connectivity index (χ3v) is 12.6. The lowest BCUT2D eigenvalue weighted by molar-refractivity contribution is 0.228. The van der Waals surface area contributed by atoms with Crippen molar-refractivity contribution < 1.29 is 0 Å². The van der Waals surface area contributed by atoms with Crippen LogP contribution in [0.3, 0.4) is 0 Å². The van der Waals surface area contributed by atoms with Gasteiger partial charge in [0, 0.05) is 37.8 Å². The Morgan fingerprint density at radius 1 is 0.683 bits per heavy atom. The Morgan fingerprint density at radius 2 is 1.33 bits per heavy atom. The number of para-hydroxylation sites is 2. The Bertz CT molecular complexity index is 2380. The molecule has 320 valence electrons. The number of hydrogen-bond acceptors (Lipinski definition) is 3. The normalized spacial score (nSPS) is 17.5. The van der Waals surface area contributed by atoms with E-state index in [9.17, 15) is 0 Å². The highest BCUT2D eigenvalue weighted by Crippen LogP contribution is 2.44. The van der Waals surface area contributed by atoms with Crippen molar-refractivity contribution in [3.05, 3.63) is 157 Å². The molecule has 3 aliphatic rings. The van der Waals surface area contributed by atoms with E-state index in [1.807, 2.05) is 80.6 Å². The molecule has 3 nitrogen and oxygen atoms in total. The van der Waals surface area contributed by atoms with Gasteiger partial charge in [-0.15, -0.1) is 11.3 Å². The molecule has 4 aromatic carbocycles. The molecule has 0 saturated heterocycles. The molecule has 0 bridgehead atoms. The van der Waals surface area contributed by atoms with E-state index in [0.717, 1.165) is 25.7 Å². The second-order valence-corrected chi connectivity index (χ2v) is 16.0. The zero-order valence-electron chi connectivity index (χ0n) is 39.8. The lowest BCUT2D eigenvalue weighted by atomic mass is 9.87. The first-order valence-electron chi connectivity index (χ1n) is 23.3. The Morgan fingerprint density at radius 3 is 2.00 bits per heavy atom. The molecule has 3 heterocycles. The molecule has 60 heavy (non-hydrogen) atoms. The van der Waals surface area contributed by atoms with Gasteiger partial charge in [-0.1, -0.05) is 166 Å². The number of allylic oxidation sites excluding steroid dienone is 4. The lowest BCUT2D eigenvalue weighted by Gasteiger charge is -2.44. The van der Waals surface area contributed by atoms with Crippen LogP contribution in [0.25, 0.3) is 33.6 Å². The summed E-state index contributed by atoms with van der Waals surface area (Å²) in [7, 11) is 2.28. The van der Waals surface area contributed by atoms with Crippen molar-refractivity contribution in [2.45, 2.75) is 141 Å². The summed E-state index contributed by atoms with van der Waals surface area (Å²) in [6.45, 7) is 29.0. The molecule has 0 saturated carbocycles. The van der Waals surface area contributed by atoms with Crippen molar-refractivity contribution in [3.8, 4) is 0 Å². The summed E-state index contributed by atoms with van der Waals surface area (Å²) >= 11 is 2.00. The highest BCUT2D eigenvalue weighted by molar-refractivity contribution is 7.12. The van der Waals surface area contributed by atoms with Crippen molar-refractivity contribution in [1.82, 2.24) is 9.47 Å². The fourth-order valence-electron chi connectivity index (χ4n) is 9.16. The number of thiophene rings is 1. The monoisotopic (exact) mass is 822 g/mol. The molecule has 3 atom stereocenters. The number of likely N-dealkylation sites (N-methyl/N-ethyl adjacent to an activating group) is 1. The fraction of sp³-hybridized carbons (Fsp3) is 0.393. The minimum Gasteiger partial charge on any atom is -0.366 e. The second-order valence-electron chi connectivity index (χ2n) is 14.6. The molecule has 0 fully saturated rings. The minimum absolute atomic E-state index is 0.124. The van der Waals surface area contributed by atoms with E-state index >= 15 is 0 Å². The Kier molecular flexibility index (Phi) is 18.3. The van der Waals surface area contributed by atoms with Gasteiger partial charge >= 0.3 is 0 Å². The van der Waals surface area contributed by atoms with Gasteiger partial charge in [-0.05, 0) is 117 Å². The van der Waals surface area contributed by atoms with Gasteiger partial charge in [-0.2, -0.15) is 0 Å². The summed E-state index contributed by atoms with van der Waals surface area (Å²) < 4.78 is 2.53. The third-order valence-electron chi connectivity index (χ3n) is 11.4. The van der Waals surface area contributed by atoms with Crippen molar-refractivity contribution in [3.63, 3.8) is 0 Å². The van der Waals surface area contributed by atoms with Crippen molar-refractivity contribution >= 4 is 50.6 Å². The van der Waals surface area contributed by atoms with Gasteiger partial charge < -0.3 is 9.88 Å². The van der Waals surface area contributed by atoms with Gasteiger partial charge in [0.1, 0.15) is 6.17 Å². The van der Waals surface area contributed by atoms with Crippen LogP contribution in [0, 0.1) is 20.8 Å². The van der Waals surface area contributed by atoms with E-state index in [4.69, 9.17) is 0 Å². The zero-order valence-corrected chi connectivity index (χ0v) is 40.6. The topological polar surface area (TPSA) is 20.2 Å². The Hall–Kier alpha value is -4.64. The van der Waals surface area contributed by atoms with Crippen molar-refractivity contribution in [1.29, 1.82) is 0 Å². The van der Waals surface area contributed by atoms with Crippen LogP contribution in [0.15, 0.2) is 109 Å². The van der Waals surface area contributed by atoms with E-state index < -0.39 is 0 Å². The van der Waals surface area contributed by atoms with Crippen LogP contribution in [0.5, 0.6) is 0 Å². The standard InChI is InChI=1S/C46H45N3S.5C2H6/c1-6-36-30(4)50-44-27-33(17-21-38(36)44)32-18-22-43-40(26-32)37-11-8-10-14-42(37)49(43)35-19-15-31(16-20-35)46-47-41-13-9-7-12-39(41)45(48(46)5)34-24-28(2)23-29(3)25-34;5*1-2/h7-15,17-19,21-26,33,45-47H,6,16,20,27H2,1-5H3;5*1-2H3. The smallest absolute Gasteiger partial charge is 0.102 e. The SMILES string of the molecule is CC.CC.CC.CC.CC.CCc1c(C)sc2c1C=CC(c1ccc3c(c1)c1ccccc1n3C1=CC=C(C3Nc4ccccc4C(c4cc(C)cc(C)c4)N3C)CC1)C2. The molecule has 9 rings (SSSR count). The first-order valence-corrected chi connectivity index (χ1v) is 24.1. The van der Waals surface area contributed by atoms with Gasteiger partial charge in [-0.3, -0.25) is 4.90 Å². The molecular weight excluding hydrogens is 747 g/mol. The highest BCUT2D eigenvalue weighted by Gasteiger charge is 2.35. The van der Waals surface area contributed by atoms with Gasteiger partial charge in [0.05, 0.1) is 17.1 Å². The molecule has 2 aliphatic carbocycles. The minimum atomic E-state index is 0.124. The van der Waals surface area contributed by atoms with Crippen LogP contribution < -0.4 is 5.32 Å². The molecule has 1 aliphatic heterocycles. The Balaban J connectivity index is 0.000000742. The summed E-state index contributed by atoms with van der Waals surface area (Å²) in [6, 6.07) is 32.3. The van der Waals surface area contributed by atoms with Crippen LogP contribution in [0.1, 0.15) is 150 Å². The maximum atomic E-state index is 3.92. The molecular formula is C56H75N3S.